The number of benzene rings is 2. The van der Waals surface area contributed by atoms with Crippen LogP contribution in [-0.2, 0) is 16.0 Å². The molecule has 2 aromatic rings. The number of likely N-dealkylation sites (N-methyl/N-ethyl adjacent to an activating group) is 1. The zero-order chi connectivity index (χ0) is 24.7. The predicted molar refractivity (Wildman–Crippen MR) is 145 cm³/mol. The molecule has 0 unspecified atom stereocenters. The topological polar surface area (TPSA) is 91.3 Å². The van der Waals surface area contributed by atoms with Crippen LogP contribution in [0.25, 0.3) is 0 Å². The Morgan fingerprint density at radius 3 is 2.36 bits per heavy atom. The lowest BCUT2D eigenvalue weighted by atomic mass is 10.1. The summed E-state index contributed by atoms with van der Waals surface area (Å²) in [5.74, 6) is -1.68. The number of carbonyl (C=O) groups excluding carboxylic acids is 2. The molecule has 12 heteroatoms. The number of piperazine rings is 1. The van der Waals surface area contributed by atoms with Crippen LogP contribution in [0.4, 0.5) is 0 Å². The zero-order valence-corrected chi connectivity index (χ0v) is 23.2. The summed E-state index contributed by atoms with van der Waals surface area (Å²) in [5, 5.41) is 13.1. The van der Waals surface area contributed by atoms with Crippen molar-refractivity contribution in [1.82, 2.24) is 15.1 Å². The minimum atomic E-state index is -0.962. The molecule has 0 bridgehead atoms. The normalized spacial score (nSPS) is 14.7. The second kappa shape index (κ2) is 15.3. The highest BCUT2D eigenvalue weighted by Gasteiger charge is 2.27. The van der Waals surface area contributed by atoms with Gasteiger partial charge in [0, 0.05) is 39.1 Å². The average Bonchev–Trinajstić information content (AvgIpc) is 2.84. The van der Waals surface area contributed by atoms with E-state index in [0.717, 1.165) is 31.7 Å². The lowest BCUT2D eigenvalue weighted by Gasteiger charge is -2.32. The van der Waals surface area contributed by atoms with E-state index in [0.29, 0.717) is 13.2 Å². The Balaban J connectivity index is 0.00000324. The van der Waals surface area contributed by atoms with Crippen molar-refractivity contribution in [2.75, 3.05) is 53.5 Å². The number of aromatic hydroxyl groups is 1. The Kier molecular flexibility index (Phi) is 13.7. The number of ether oxygens (including phenoxy) is 2. The van der Waals surface area contributed by atoms with E-state index in [4.69, 9.17) is 32.7 Å². The Hall–Kier alpha value is -1.94. The smallest absolute Gasteiger partial charge is 0.328 e. The maximum Gasteiger partial charge on any atom is 0.328 e. The number of nitrogens with zero attached hydrogens (tertiary/aromatic N) is 2. The van der Waals surface area contributed by atoms with Crippen LogP contribution in [0.5, 0.6) is 11.5 Å². The SMILES string of the molecule is COC(=O)[C@H](Cc1ccccc1)NC(=O)c1cc(Cl)c(OCCN2CCN(C)CC2)c(Cl)c1O.Cl.Cl. The summed E-state index contributed by atoms with van der Waals surface area (Å²) >= 11 is 12.6. The molecule has 0 aromatic heterocycles. The van der Waals surface area contributed by atoms with E-state index in [2.05, 4.69) is 22.2 Å². The first-order chi connectivity index (χ1) is 16.3. The number of phenolic OH excluding ortho intramolecular Hbond substituents is 1. The maximum atomic E-state index is 12.9. The van der Waals surface area contributed by atoms with Crippen molar-refractivity contribution in [1.29, 1.82) is 0 Å². The van der Waals surface area contributed by atoms with E-state index in [1.165, 1.54) is 13.2 Å². The molecule has 1 heterocycles. The van der Waals surface area contributed by atoms with Crippen molar-refractivity contribution in [3.05, 3.63) is 57.6 Å². The molecule has 0 saturated carbocycles. The number of methoxy groups -OCH3 is 1. The van der Waals surface area contributed by atoms with E-state index < -0.39 is 23.7 Å². The molecule has 2 aromatic carbocycles. The van der Waals surface area contributed by atoms with Crippen LogP contribution in [-0.4, -0.2) is 86.3 Å². The number of hydrogen-bond donors (Lipinski definition) is 2. The van der Waals surface area contributed by atoms with E-state index in [1.54, 1.807) is 0 Å². The Labute approximate surface area is 233 Å². The first-order valence-corrected chi connectivity index (χ1v) is 11.7. The van der Waals surface area contributed by atoms with Gasteiger partial charge in [-0.2, -0.15) is 0 Å². The van der Waals surface area contributed by atoms with Gasteiger partial charge >= 0.3 is 5.97 Å². The van der Waals surface area contributed by atoms with Crippen LogP contribution >= 0.6 is 48.0 Å². The van der Waals surface area contributed by atoms with Gasteiger partial charge in [0.05, 0.1) is 17.7 Å². The molecule has 1 aliphatic heterocycles. The van der Waals surface area contributed by atoms with Crippen LogP contribution in [0.1, 0.15) is 15.9 Å². The summed E-state index contributed by atoms with van der Waals surface area (Å²) in [5.41, 5.74) is 0.672. The molecule has 8 nitrogen and oxygen atoms in total. The van der Waals surface area contributed by atoms with Crippen LogP contribution in [0.15, 0.2) is 36.4 Å². The van der Waals surface area contributed by atoms with Crippen LogP contribution in [0.2, 0.25) is 10.0 Å². The summed E-state index contributed by atoms with van der Waals surface area (Å²) in [6.45, 7) is 4.87. The molecule has 0 radical (unpaired) electrons. The fourth-order valence-electron chi connectivity index (χ4n) is 3.67. The first-order valence-electron chi connectivity index (χ1n) is 11.0. The molecular weight excluding hydrogens is 552 g/mol. The lowest BCUT2D eigenvalue weighted by molar-refractivity contribution is -0.142. The molecule has 3 rings (SSSR count). The highest BCUT2D eigenvalue weighted by Crippen LogP contribution is 2.42. The van der Waals surface area contributed by atoms with E-state index in [-0.39, 0.29) is 52.6 Å². The molecule has 2 N–H and O–H groups in total. The third kappa shape index (κ3) is 8.57. The minimum Gasteiger partial charge on any atom is -0.505 e. The molecule has 1 saturated heterocycles. The Bertz CT molecular complexity index is 1000. The summed E-state index contributed by atoms with van der Waals surface area (Å²) < 4.78 is 10.6. The van der Waals surface area contributed by atoms with Crippen LogP contribution in [0, 0.1) is 0 Å². The van der Waals surface area contributed by atoms with Crippen LogP contribution < -0.4 is 10.1 Å². The third-order valence-electron chi connectivity index (χ3n) is 5.72. The van der Waals surface area contributed by atoms with E-state index in [9.17, 15) is 14.7 Å². The Morgan fingerprint density at radius 2 is 1.75 bits per heavy atom. The van der Waals surface area contributed by atoms with Gasteiger partial charge in [0.25, 0.3) is 5.91 Å². The second-order valence-electron chi connectivity index (χ2n) is 8.13. The lowest BCUT2D eigenvalue weighted by Crippen LogP contribution is -2.45. The number of carbonyl (C=O) groups is 2. The monoisotopic (exact) mass is 581 g/mol. The fourth-order valence-corrected chi connectivity index (χ4v) is 4.23. The highest BCUT2D eigenvalue weighted by atomic mass is 35.5. The summed E-state index contributed by atoms with van der Waals surface area (Å²) in [6, 6.07) is 9.50. The minimum absolute atomic E-state index is 0. The van der Waals surface area contributed by atoms with Gasteiger partial charge in [0.2, 0.25) is 0 Å². The van der Waals surface area contributed by atoms with Gasteiger partial charge in [0.15, 0.2) is 11.5 Å². The first kappa shape index (κ1) is 32.1. The van der Waals surface area contributed by atoms with Crippen molar-refractivity contribution in [2.24, 2.45) is 0 Å². The van der Waals surface area contributed by atoms with Gasteiger partial charge in [-0.25, -0.2) is 4.79 Å². The molecule has 1 fully saturated rings. The molecule has 1 atom stereocenters. The van der Waals surface area contributed by atoms with Crippen molar-refractivity contribution in [3.63, 3.8) is 0 Å². The predicted octanol–water partition coefficient (Wildman–Crippen LogP) is 3.68. The molecule has 200 valence electrons. The maximum absolute atomic E-state index is 12.9. The summed E-state index contributed by atoms with van der Waals surface area (Å²) in [6.07, 6.45) is 0.217. The number of esters is 1. The Morgan fingerprint density at radius 1 is 1.11 bits per heavy atom. The van der Waals surface area contributed by atoms with Gasteiger partial charge in [-0.3, -0.25) is 9.69 Å². The molecule has 1 amide bonds. The molecule has 36 heavy (non-hydrogen) atoms. The summed E-state index contributed by atoms with van der Waals surface area (Å²) in [4.78, 5) is 29.7. The average molecular weight is 583 g/mol. The quantitative estimate of drug-likeness (QED) is 0.436. The van der Waals surface area contributed by atoms with Gasteiger partial charge in [-0.1, -0.05) is 53.5 Å². The number of hydrogen-bond acceptors (Lipinski definition) is 7. The third-order valence-corrected chi connectivity index (χ3v) is 6.35. The molecule has 1 aliphatic rings. The molecule has 0 spiro atoms. The van der Waals surface area contributed by atoms with Crippen molar-refractivity contribution in [3.8, 4) is 11.5 Å². The van der Waals surface area contributed by atoms with Gasteiger partial charge in [-0.15, -0.1) is 24.8 Å². The van der Waals surface area contributed by atoms with Gasteiger partial charge in [0.1, 0.15) is 17.7 Å². The number of amides is 1. The van der Waals surface area contributed by atoms with Crippen LogP contribution in [0.3, 0.4) is 0 Å². The summed E-state index contributed by atoms with van der Waals surface area (Å²) in [7, 11) is 3.33. The second-order valence-corrected chi connectivity index (χ2v) is 8.92. The molecule has 0 aliphatic carbocycles. The molecular formula is C24H31Cl4N3O5. The fraction of sp³-hybridized carbons (Fsp3) is 0.417. The largest absolute Gasteiger partial charge is 0.505 e. The van der Waals surface area contributed by atoms with Gasteiger partial charge in [-0.05, 0) is 18.7 Å². The van der Waals surface area contributed by atoms with Crippen molar-refractivity contribution >= 4 is 59.9 Å². The number of rotatable bonds is 9. The van der Waals surface area contributed by atoms with Gasteiger partial charge < -0.3 is 24.8 Å². The number of halogens is 4. The zero-order valence-electron chi connectivity index (χ0n) is 20.0. The van der Waals surface area contributed by atoms with E-state index in [1.807, 2.05) is 30.3 Å². The van der Waals surface area contributed by atoms with Crippen molar-refractivity contribution in [2.45, 2.75) is 12.5 Å². The number of nitrogens with one attached hydrogen (secondary N) is 1. The van der Waals surface area contributed by atoms with Crippen molar-refractivity contribution < 1.29 is 24.2 Å². The number of phenols is 1. The standard InChI is InChI=1S/C24H29Cl2N3O5.2ClH/c1-28-8-10-29(11-9-28)12-13-34-22-18(25)15-17(21(30)20(22)26)23(31)27-19(24(32)33-2)14-16-6-4-3-5-7-16;;/h3-7,15,19,30H,8-14H2,1-2H3,(H,27,31);2*1H/t19-;;/m0../s1. The highest BCUT2D eigenvalue weighted by molar-refractivity contribution is 6.39. The van der Waals surface area contributed by atoms with E-state index >= 15 is 0 Å².